The van der Waals surface area contributed by atoms with Crippen molar-refractivity contribution in [1.29, 1.82) is 0 Å². The second kappa shape index (κ2) is 24.8. The predicted octanol–water partition coefficient (Wildman–Crippen LogP) is 5.49. The van der Waals surface area contributed by atoms with Gasteiger partial charge in [0.05, 0.1) is 19.2 Å². The number of ether oxygens (including phenoxy) is 2. The van der Waals surface area contributed by atoms with Crippen molar-refractivity contribution < 1.29 is 43.3 Å². The maximum Gasteiger partial charge on any atom is 0.336 e. The number of alkyl halides is 1. The second-order valence-corrected chi connectivity index (χ2v) is 11.9. The number of aliphatic hydroxyl groups is 1. The van der Waals surface area contributed by atoms with Crippen LogP contribution < -0.4 is 15.4 Å². The van der Waals surface area contributed by atoms with Gasteiger partial charge in [-0.2, -0.15) is 0 Å². The van der Waals surface area contributed by atoms with Gasteiger partial charge < -0.3 is 30.3 Å². The number of rotatable bonds is 28. The van der Waals surface area contributed by atoms with Crippen molar-refractivity contribution in [2.45, 2.75) is 115 Å². The first kappa shape index (κ1) is 41.7. The van der Waals surface area contributed by atoms with Gasteiger partial charge in [0.15, 0.2) is 5.60 Å². The van der Waals surface area contributed by atoms with Gasteiger partial charge in [-0.1, -0.05) is 69.7 Å². The third-order valence-corrected chi connectivity index (χ3v) is 8.11. The van der Waals surface area contributed by atoms with E-state index in [-0.39, 0.29) is 32.5 Å². The van der Waals surface area contributed by atoms with E-state index in [0.29, 0.717) is 36.4 Å². The van der Waals surface area contributed by atoms with E-state index in [1.54, 1.807) is 30.3 Å². The van der Waals surface area contributed by atoms with Gasteiger partial charge in [-0.05, 0) is 43.4 Å². The van der Waals surface area contributed by atoms with Crippen LogP contribution in [0.15, 0.2) is 36.4 Å². The molecule has 0 aliphatic rings. The minimum absolute atomic E-state index is 0.0948. The number of carboxylic acid groups (broad SMARTS) is 1. The highest BCUT2D eigenvalue weighted by Crippen LogP contribution is 2.26. The number of Topliss-reactive ketones (excluding diaryl/α,β-unsaturated/α-hetero) is 1. The number of unbranched alkanes of at least 4 members (excludes halogenated alkanes) is 8. The highest BCUT2D eigenvalue weighted by atomic mass is 19.1. The lowest BCUT2D eigenvalue weighted by Crippen LogP contribution is -2.56. The number of hydrogen-bond acceptors (Lipinski definition) is 7. The molecule has 0 aromatic heterocycles. The van der Waals surface area contributed by atoms with Gasteiger partial charge in [-0.25, -0.2) is 4.79 Å². The number of halogens is 1. The zero-order valence-electron chi connectivity index (χ0n) is 28.6. The summed E-state index contributed by atoms with van der Waals surface area (Å²) < 4.78 is 22.8. The summed E-state index contributed by atoms with van der Waals surface area (Å²) in [6.45, 7) is 1.82. The zero-order valence-corrected chi connectivity index (χ0v) is 28.6. The first-order valence-corrected chi connectivity index (χ1v) is 17.1. The number of methoxy groups -OCH3 is 1. The summed E-state index contributed by atoms with van der Waals surface area (Å²) in [6.07, 6.45) is 13.9. The van der Waals surface area contributed by atoms with Crippen LogP contribution in [0.3, 0.4) is 0 Å². The summed E-state index contributed by atoms with van der Waals surface area (Å²) in [4.78, 5) is 50.7. The molecule has 4 N–H and O–H groups in total. The SMILES string of the molecule is CCCCCCCC(=O)CCCCCCC=C[C@H](C(=O)N[C@@H](Cc1ccc(OCCCF)cc1)C(=O)NC)[C@@](O)(CCOC)C(=O)O. The van der Waals surface area contributed by atoms with Crippen LogP contribution in [0.1, 0.15) is 102 Å². The highest BCUT2D eigenvalue weighted by molar-refractivity contribution is 5.93. The normalized spacial score (nSPS) is 13.9. The van der Waals surface area contributed by atoms with Crippen molar-refractivity contribution in [2.75, 3.05) is 34.0 Å². The Kier molecular flexibility index (Phi) is 22.0. The number of benzene rings is 1. The number of nitrogens with one attached hydrogen (secondary N) is 2. The van der Waals surface area contributed by atoms with Gasteiger partial charge >= 0.3 is 5.97 Å². The van der Waals surface area contributed by atoms with Crippen molar-refractivity contribution in [2.24, 2.45) is 5.92 Å². The molecule has 266 valence electrons. The molecular formula is C36H57FN2O8. The molecule has 47 heavy (non-hydrogen) atoms. The van der Waals surface area contributed by atoms with E-state index >= 15 is 0 Å². The number of ketones is 1. The minimum Gasteiger partial charge on any atom is -0.494 e. The molecule has 1 rings (SSSR count). The Balaban J connectivity index is 2.85. The molecule has 0 aliphatic carbocycles. The lowest BCUT2D eigenvalue weighted by molar-refractivity contribution is -0.168. The molecule has 10 nitrogen and oxygen atoms in total. The maximum absolute atomic E-state index is 13.6. The summed E-state index contributed by atoms with van der Waals surface area (Å²) in [5, 5.41) is 26.4. The van der Waals surface area contributed by atoms with E-state index in [2.05, 4.69) is 17.6 Å². The molecule has 0 fully saturated rings. The lowest BCUT2D eigenvalue weighted by Gasteiger charge is -2.31. The van der Waals surface area contributed by atoms with Crippen LogP contribution in [-0.4, -0.2) is 79.5 Å². The second-order valence-electron chi connectivity index (χ2n) is 11.9. The fourth-order valence-corrected chi connectivity index (χ4v) is 5.18. The first-order valence-electron chi connectivity index (χ1n) is 17.1. The van der Waals surface area contributed by atoms with E-state index in [1.165, 1.54) is 39.5 Å². The van der Waals surface area contributed by atoms with Crippen LogP contribution in [0, 0.1) is 5.92 Å². The predicted molar refractivity (Wildman–Crippen MR) is 180 cm³/mol. The Morgan fingerprint density at radius 2 is 1.55 bits per heavy atom. The van der Waals surface area contributed by atoms with E-state index in [4.69, 9.17) is 9.47 Å². The maximum atomic E-state index is 13.6. The number of carbonyl (C=O) groups is 4. The third-order valence-electron chi connectivity index (χ3n) is 8.11. The molecule has 0 spiro atoms. The van der Waals surface area contributed by atoms with Crippen LogP contribution in [0.5, 0.6) is 5.75 Å². The fourth-order valence-electron chi connectivity index (χ4n) is 5.18. The molecule has 3 atom stereocenters. The molecule has 11 heteroatoms. The van der Waals surface area contributed by atoms with Crippen LogP contribution in [0.2, 0.25) is 0 Å². The number of carbonyl (C=O) groups excluding carboxylic acids is 3. The van der Waals surface area contributed by atoms with Gasteiger partial charge in [0.1, 0.15) is 17.6 Å². The zero-order chi connectivity index (χ0) is 34.9. The molecular weight excluding hydrogens is 607 g/mol. The Hall–Kier alpha value is -3.31. The Bertz CT molecular complexity index is 1080. The monoisotopic (exact) mass is 664 g/mol. The highest BCUT2D eigenvalue weighted by Gasteiger charge is 2.47. The standard InChI is InChI=1S/C36H57FN2O8/c1-4-5-6-9-12-16-29(40)17-13-10-7-8-11-14-18-31(36(45,35(43)44)23-26-46-3)33(41)39-32(34(42)38-2)27-28-19-21-30(22-20-28)47-25-15-24-37/h14,18-22,31-32,45H,4-13,15-17,23-27H2,1-3H3,(H,38,42)(H,39,41)(H,43,44)/t31-,32+,36+/m1/s1. The largest absolute Gasteiger partial charge is 0.494 e. The van der Waals surface area contributed by atoms with Gasteiger partial charge in [0, 0.05) is 52.9 Å². The third kappa shape index (κ3) is 16.9. The van der Waals surface area contributed by atoms with E-state index in [9.17, 15) is 33.8 Å². The molecule has 1 aromatic rings. The van der Waals surface area contributed by atoms with Crippen molar-refractivity contribution in [3.05, 3.63) is 42.0 Å². The topological polar surface area (TPSA) is 151 Å². The average molecular weight is 665 g/mol. The number of carboxylic acids is 1. The molecule has 1 aromatic carbocycles. The Labute approximate surface area is 279 Å². The van der Waals surface area contributed by atoms with Crippen LogP contribution in [-0.2, 0) is 30.3 Å². The number of allylic oxidation sites excluding steroid dienone is 1. The first-order chi connectivity index (χ1) is 22.6. The number of amides is 2. The number of aliphatic carboxylic acids is 1. The molecule has 0 heterocycles. The molecule has 0 bridgehead atoms. The fraction of sp³-hybridized carbons (Fsp3) is 0.667. The molecule has 2 amide bonds. The van der Waals surface area contributed by atoms with Crippen LogP contribution in [0.4, 0.5) is 4.39 Å². The van der Waals surface area contributed by atoms with Crippen molar-refractivity contribution in [3.63, 3.8) is 0 Å². The Morgan fingerprint density at radius 3 is 2.13 bits per heavy atom. The average Bonchev–Trinajstić information content (AvgIpc) is 3.06. The van der Waals surface area contributed by atoms with Crippen LogP contribution in [0.25, 0.3) is 0 Å². The summed E-state index contributed by atoms with van der Waals surface area (Å²) in [7, 11) is 2.80. The van der Waals surface area contributed by atoms with Crippen molar-refractivity contribution in [3.8, 4) is 5.75 Å². The van der Waals surface area contributed by atoms with Gasteiger partial charge in [0.2, 0.25) is 11.8 Å². The van der Waals surface area contributed by atoms with Crippen molar-refractivity contribution >= 4 is 23.6 Å². The van der Waals surface area contributed by atoms with E-state index < -0.39 is 42.0 Å². The molecule has 0 aliphatic heterocycles. The van der Waals surface area contributed by atoms with Crippen molar-refractivity contribution in [1.82, 2.24) is 10.6 Å². The van der Waals surface area contributed by atoms with E-state index in [1.807, 2.05) is 0 Å². The quantitative estimate of drug-likeness (QED) is 0.0678. The molecule has 0 unspecified atom stereocenters. The summed E-state index contributed by atoms with van der Waals surface area (Å²) in [5.74, 6) is -3.52. The summed E-state index contributed by atoms with van der Waals surface area (Å²) >= 11 is 0. The molecule has 0 saturated heterocycles. The summed E-state index contributed by atoms with van der Waals surface area (Å²) in [5.41, 5.74) is -1.77. The smallest absolute Gasteiger partial charge is 0.336 e. The number of hydrogen-bond donors (Lipinski definition) is 4. The van der Waals surface area contributed by atoms with Gasteiger partial charge in [-0.15, -0.1) is 0 Å². The lowest BCUT2D eigenvalue weighted by atomic mass is 9.83. The molecule has 0 saturated carbocycles. The van der Waals surface area contributed by atoms with Gasteiger partial charge in [0.25, 0.3) is 0 Å². The summed E-state index contributed by atoms with van der Waals surface area (Å²) in [6, 6.07) is 5.76. The van der Waals surface area contributed by atoms with E-state index in [0.717, 1.165) is 38.5 Å². The van der Waals surface area contributed by atoms with Gasteiger partial charge in [-0.3, -0.25) is 18.8 Å². The van der Waals surface area contributed by atoms with Crippen LogP contribution >= 0.6 is 0 Å². The minimum atomic E-state index is -2.47. The number of likely N-dealkylation sites (N-methyl/N-ethyl adjacent to an activating group) is 1. The Morgan fingerprint density at radius 1 is 0.915 bits per heavy atom. The molecule has 0 radical (unpaired) electrons.